The number of aryl methyl sites for hydroxylation is 2. The number of hydrogen-bond donors (Lipinski definition) is 0. The molecule has 0 aliphatic heterocycles. The smallest absolute Gasteiger partial charge is 0.279 e. The van der Waals surface area contributed by atoms with E-state index in [0.29, 0.717) is 28.5 Å². The number of sulfonamides is 1. The number of benzene rings is 3. The average Bonchev–Trinajstić information content (AvgIpc) is 3.24. The first-order valence-corrected chi connectivity index (χ1v) is 13.9. The van der Waals surface area contributed by atoms with Crippen LogP contribution in [0.1, 0.15) is 35.3 Å². The molecule has 9 heteroatoms. The van der Waals surface area contributed by atoms with Crippen LogP contribution in [0, 0.1) is 6.92 Å². The van der Waals surface area contributed by atoms with Crippen molar-refractivity contribution in [2.45, 2.75) is 38.8 Å². The van der Waals surface area contributed by atoms with Gasteiger partial charge in [-0.15, -0.1) is 0 Å². The maximum Gasteiger partial charge on any atom is 0.279 e. The summed E-state index contributed by atoms with van der Waals surface area (Å²) in [7, 11) is -3.71. The molecule has 1 amide bonds. The zero-order chi connectivity index (χ0) is 25.2. The summed E-state index contributed by atoms with van der Waals surface area (Å²) in [5.41, 5.74) is 3.25. The summed E-state index contributed by atoms with van der Waals surface area (Å²) in [6.45, 7) is 7.04. The molecule has 4 aromatic rings. The summed E-state index contributed by atoms with van der Waals surface area (Å²) >= 11 is 7.75. The molecule has 35 heavy (non-hydrogen) atoms. The third kappa shape index (κ3) is 5.11. The number of thiazole rings is 1. The lowest BCUT2D eigenvalue weighted by Gasteiger charge is -2.20. The minimum Gasteiger partial charge on any atom is -0.316 e. The Morgan fingerprint density at radius 1 is 1.03 bits per heavy atom. The highest BCUT2D eigenvalue weighted by atomic mass is 35.5. The molecule has 0 atom stereocenters. The van der Waals surface area contributed by atoms with Crippen LogP contribution in [0.4, 0.5) is 0 Å². The van der Waals surface area contributed by atoms with Crippen LogP contribution in [0.3, 0.4) is 0 Å². The monoisotopic (exact) mass is 527 g/mol. The Labute approximate surface area is 214 Å². The van der Waals surface area contributed by atoms with E-state index >= 15 is 0 Å². The van der Waals surface area contributed by atoms with E-state index in [1.165, 1.54) is 39.9 Å². The number of halogens is 1. The molecule has 0 N–H and O–H groups in total. The molecule has 0 unspecified atom stereocenters. The van der Waals surface area contributed by atoms with Gasteiger partial charge in [0.25, 0.3) is 5.91 Å². The lowest BCUT2D eigenvalue weighted by atomic mass is 10.2. The molecule has 0 saturated carbocycles. The van der Waals surface area contributed by atoms with Crippen molar-refractivity contribution in [3.63, 3.8) is 0 Å². The van der Waals surface area contributed by atoms with E-state index in [1.807, 2.05) is 60.9 Å². The number of rotatable bonds is 7. The van der Waals surface area contributed by atoms with E-state index in [0.717, 1.165) is 21.3 Å². The Bertz CT molecular complexity index is 1540. The molecule has 0 fully saturated rings. The Kier molecular flexibility index (Phi) is 7.56. The number of hydrogen-bond acceptors (Lipinski definition) is 4. The summed E-state index contributed by atoms with van der Waals surface area (Å²) < 4.78 is 30.7. The fourth-order valence-electron chi connectivity index (χ4n) is 3.92. The Morgan fingerprint density at radius 3 is 2.34 bits per heavy atom. The van der Waals surface area contributed by atoms with Crippen LogP contribution in [0.2, 0.25) is 5.02 Å². The third-order valence-corrected chi connectivity index (χ3v) is 9.26. The summed E-state index contributed by atoms with van der Waals surface area (Å²) in [4.78, 5) is 18.0. The van der Waals surface area contributed by atoms with Crippen molar-refractivity contribution in [1.82, 2.24) is 8.87 Å². The SMILES string of the molecule is CCN(Cc1ccccc1)S(=O)(=O)c1ccc(C(=O)N=c2sc3c(Cl)ccc(C)c3n2CC)cc1. The number of carbonyl (C=O) groups is 1. The van der Waals surface area contributed by atoms with E-state index in [9.17, 15) is 13.2 Å². The minimum absolute atomic E-state index is 0.139. The van der Waals surface area contributed by atoms with Gasteiger partial charge in [0.1, 0.15) is 0 Å². The number of nitrogens with zero attached hydrogens (tertiary/aromatic N) is 3. The van der Waals surface area contributed by atoms with Crippen molar-refractivity contribution in [3.05, 3.63) is 93.2 Å². The quantitative estimate of drug-likeness (QED) is 0.312. The molecule has 1 heterocycles. The van der Waals surface area contributed by atoms with E-state index in [2.05, 4.69) is 4.99 Å². The van der Waals surface area contributed by atoms with Gasteiger partial charge in [0.15, 0.2) is 4.80 Å². The highest BCUT2D eigenvalue weighted by molar-refractivity contribution is 7.89. The van der Waals surface area contributed by atoms with Gasteiger partial charge >= 0.3 is 0 Å². The second-order valence-electron chi connectivity index (χ2n) is 8.03. The van der Waals surface area contributed by atoms with Gasteiger partial charge in [-0.2, -0.15) is 9.30 Å². The van der Waals surface area contributed by atoms with Crippen molar-refractivity contribution in [1.29, 1.82) is 0 Å². The minimum atomic E-state index is -3.71. The first kappa shape index (κ1) is 25.3. The van der Waals surface area contributed by atoms with Crippen molar-refractivity contribution in [2.24, 2.45) is 4.99 Å². The van der Waals surface area contributed by atoms with Gasteiger partial charge in [0.05, 0.1) is 20.1 Å². The summed E-state index contributed by atoms with van der Waals surface area (Å²) in [5.74, 6) is -0.437. The van der Waals surface area contributed by atoms with Gasteiger partial charge in [-0.05, 0) is 55.3 Å². The molecule has 0 saturated heterocycles. The summed E-state index contributed by atoms with van der Waals surface area (Å²) in [6, 6.07) is 19.2. The Hall–Kier alpha value is -2.78. The first-order valence-electron chi connectivity index (χ1n) is 11.3. The average molecular weight is 528 g/mol. The van der Waals surface area contributed by atoms with E-state index < -0.39 is 15.9 Å². The molecule has 182 valence electrons. The zero-order valence-electron chi connectivity index (χ0n) is 19.7. The van der Waals surface area contributed by atoms with Crippen molar-refractivity contribution < 1.29 is 13.2 Å². The Balaban J connectivity index is 1.64. The van der Waals surface area contributed by atoms with Crippen LogP contribution in [0.15, 0.2) is 76.6 Å². The highest BCUT2D eigenvalue weighted by Gasteiger charge is 2.23. The molecule has 0 aliphatic carbocycles. The van der Waals surface area contributed by atoms with Gasteiger partial charge in [-0.1, -0.05) is 66.3 Å². The summed E-state index contributed by atoms with van der Waals surface area (Å²) in [5, 5.41) is 0.622. The molecule has 3 aromatic carbocycles. The first-order chi connectivity index (χ1) is 16.8. The molecule has 1 aromatic heterocycles. The number of amides is 1. The van der Waals surface area contributed by atoms with Crippen LogP contribution >= 0.6 is 22.9 Å². The molecule has 0 spiro atoms. The number of aromatic nitrogens is 1. The largest absolute Gasteiger partial charge is 0.316 e. The fourth-order valence-corrected chi connectivity index (χ4v) is 6.80. The maximum absolute atomic E-state index is 13.2. The lowest BCUT2D eigenvalue weighted by Crippen LogP contribution is -2.30. The molecule has 0 bridgehead atoms. The van der Waals surface area contributed by atoms with Gasteiger partial charge < -0.3 is 4.57 Å². The Morgan fingerprint density at radius 2 is 1.71 bits per heavy atom. The van der Waals surface area contributed by atoms with Gasteiger partial charge in [0, 0.05) is 25.2 Å². The second-order valence-corrected chi connectivity index (χ2v) is 11.4. The lowest BCUT2D eigenvalue weighted by molar-refractivity contribution is 0.0997. The molecule has 4 rings (SSSR count). The topological polar surface area (TPSA) is 71.7 Å². The molecular formula is C26H26ClN3O3S2. The summed E-state index contributed by atoms with van der Waals surface area (Å²) in [6.07, 6.45) is 0. The second kappa shape index (κ2) is 10.5. The van der Waals surface area contributed by atoms with Crippen LogP contribution in [0.5, 0.6) is 0 Å². The van der Waals surface area contributed by atoms with Gasteiger partial charge in [0.2, 0.25) is 10.0 Å². The van der Waals surface area contributed by atoms with E-state index in [-0.39, 0.29) is 11.4 Å². The van der Waals surface area contributed by atoms with Crippen molar-refractivity contribution >= 4 is 49.1 Å². The van der Waals surface area contributed by atoms with E-state index in [1.54, 1.807) is 6.92 Å². The molecule has 6 nitrogen and oxygen atoms in total. The highest BCUT2D eigenvalue weighted by Crippen LogP contribution is 2.29. The van der Waals surface area contributed by atoms with Crippen LogP contribution in [-0.4, -0.2) is 29.7 Å². The third-order valence-electron chi connectivity index (χ3n) is 5.79. The van der Waals surface area contributed by atoms with Crippen molar-refractivity contribution in [2.75, 3.05) is 6.54 Å². The molecule has 0 radical (unpaired) electrons. The molecule has 0 aliphatic rings. The predicted molar refractivity (Wildman–Crippen MR) is 141 cm³/mol. The number of carbonyl (C=O) groups excluding carboxylic acids is 1. The zero-order valence-corrected chi connectivity index (χ0v) is 22.1. The van der Waals surface area contributed by atoms with Crippen LogP contribution in [0.25, 0.3) is 10.2 Å². The predicted octanol–water partition coefficient (Wildman–Crippen LogP) is 5.64. The fraction of sp³-hybridized carbons (Fsp3) is 0.231. The van der Waals surface area contributed by atoms with Gasteiger partial charge in [-0.25, -0.2) is 8.42 Å². The van der Waals surface area contributed by atoms with Crippen molar-refractivity contribution in [3.8, 4) is 0 Å². The normalized spacial score (nSPS) is 12.5. The number of fused-ring (bicyclic) bond motifs is 1. The van der Waals surface area contributed by atoms with Gasteiger partial charge in [-0.3, -0.25) is 4.79 Å². The van der Waals surface area contributed by atoms with E-state index in [4.69, 9.17) is 11.6 Å². The van der Waals surface area contributed by atoms with Crippen LogP contribution < -0.4 is 4.80 Å². The van der Waals surface area contributed by atoms with Crippen LogP contribution in [-0.2, 0) is 23.1 Å². The standard InChI is InChI=1S/C26H26ClN3O3S2/c1-4-29(17-19-9-7-6-8-10-19)35(32,33)21-14-12-20(13-15-21)25(31)28-26-30(5-2)23-18(3)11-16-22(27)24(23)34-26/h6-16H,4-5,17H2,1-3H3. The maximum atomic E-state index is 13.2. The molecular weight excluding hydrogens is 502 g/mol.